The number of amides is 1. The van der Waals surface area contributed by atoms with E-state index in [-0.39, 0.29) is 37.2 Å². The van der Waals surface area contributed by atoms with E-state index in [1.807, 2.05) is 0 Å². The highest BCUT2D eigenvalue weighted by Gasteiger charge is 2.47. The van der Waals surface area contributed by atoms with Crippen molar-refractivity contribution >= 4 is 11.7 Å². The summed E-state index contributed by atoms with van der Waals surface area (Å²) in [5.74, 6) is 0.594. The summed E-state index contributed by atoms with van der Waals surface area (Å²) in [5, 5.41) is 3.01. The Morgan fingerprint density at radius 2 is 1.79 bits per heavy atom. The van der Waals surface area contributed by atoms with Crippen molar-refractivity contribution in [1.82, 2.24) is 24.4 Å². The second kappa shape index (κ2) is 9.91. The van der Waals surface area contributed by atoms with Crippen molar-refractivity contribution in [3.8, 4) is 5.69 Å². The fraction of sp³-hybridized carbons (Fsp3) is 0.440. The molecule has 13 heteroatoms. The number of likely N-dealkylation sites (tertiary alicyclic amines) is 1. The number of nitrogens with one attached hydrogen (secondary N) is 1. The summed E-state index contributed by atoms with van der Waals surface area (Å²) in [6.07, 6.45) is -4.93. The molecule has 1 saturated carbocycles. The van der Waals surface area contributed by atoms with Gasteiger partial charge in [-0.3, -0.25) is 4.79 Å². The third kappa shape index (κ3) is 5.60. The molecule has 1 saturated heterocycles. The average Bonchev–Trinajstić information content (AvgIpc) is 3.41. The van der Waals surface area contributed by atoms with Gasteiger partial charge in [-0.25, -0.2) is 15.0 Å². The average molecular weight is 541 g/mol. The number of fused-ring (bicyclic) bond motifs is 1. The molecule has 2 aliphatic rings. The predicted molar refractivity (Wildman–Crippen MR) is 127 cm³/mol. The third-order valence-corrected chi connectivity index (χ3v) is 6.75. The first-order valence-corrected chi connectivity index (χ1v) is 11.6. The van der Waals surface area contributed by atoms with E-state index < -0.39 is 29.5 Å². The minimum atomic E-state index is -4.63. The molecule has 3 aromatic rings. The van der Waals surface area contributed by atoms with Crippen LogP contribution in [0.2, 0.25) is 0 Å². The van der Waals surface area contributed by atoms with Crippen LogP contribution >= 0.6 is 0 Å². The lowest BCUT2D eigenvalue weighted by Gasteiger charge is -2.36. The number of aromatic nitrogens is 4. The van der Waals surface area contributed by atoms with Gasteiger partial charge in [-0.05, 0) is 55.9 Å². The molecule has 5 rings (SSSR count). The Bertz CT molecular complexity index is 1300. The van der Waals surface area contributed by atoms with Gasteiger partial charge in [0.15, 0.2) is 11.4 Å². The Balaban J connectivity index is 0.00000336. The molecule has 38 heavy (non-hydrogen) atoms. The summed E-state index contributed by atoms with van der Waals surface area (Å²) in [6, 6.07) is 4.99. The van der Waals surface area contributed by atoms with Crippen molar-refractivity contribution in [2.45, 2.75) is 45.6 Å². The standard InChI is InChI=1S/C24H22F6N6O.CH4/c1-13-2-4-18(35-11-19(33-12-35)24(28,29)30)21(34-13)22(37)36-10-15-6-14(15)7-17(36)9-32-20-5-3-16(8-31-20)23(25,26)27;/h2-5,8,11-12,14-15,17H,6-7,9-10H2,1H3,(H,31,32);1H4/t14-,15+,17+;/m1./s1. The second-order valence-corrected chi connectivity index (χ2v) is 9.40. The summed E-state index contributed by atoms with van der Waals surface area (Å²) in [4.78, 5) is 27.0. The van der Waals surface area contributed by atoms with Gasteiger partial charge < -0.3 is 14.8 Å². The summed E-state index contributed by atoms with van der Waals surface area (Å²) < 4.78 is 78.9. The van der Waals surface area contributed by atoms with Crippen LogP contribution in [-0.4, -0.2) is 49.5 Å². The van der Waals surface area contributed by atoms with Gasteiger partial charge in [0.05, 0.1) is 17.6 Å². The molecule has 204 valence electrons. The summed E-state index contributed by atoms with van der Waals surface area (Å²) >= 11 is 0. The molecular weight excluding hydrogens is 514 g/mol. The van der Waals surface area contributed by atoms with Crippen LogP contribution in [0.25, 0.3) is 5.69 Å². The molecule has 1 aliphatic carbocycles. The number of hydrogen-bond acceptors (Lipinski definition) is 5. The molecule has 1 amide bonds. The number of halogens is 6. The highest BCUT2D eigenvalue weighted by atomic mass is 19.4. The van der Waals surface area contributed by atoms with E-state index in [0.29, 0.717) is 30.5 Å². The Kier molecular flexibility index (Phi) is 7.15. The third-order valence-electron chi connectivity index (χ3n) is 6.75. The smallest absolute Gasteiger partial charge is 0.368 e. The number of piperidine rings is 1. The van der Waals surface area contributed by atoms with Crippen molar-refractivity contribution in [2.75, 3.05) is 18.4 Å². The van der Waals surface area contributed by atoms with Crippen LogP contribution in [0.3, 0.4) is 0 Å². The molecule has 4 heterocycles. The zero-order valence-electron chi connectivity index (χ0n) is 19.5. The van der Waals surface area contributed by atoms with Gasteiger partial charge in [0, 0.05) is 37.2 Å². The fourth-order valence-electron chi connectivity index (χ4n) is 4.68. The number of rotatable bonds is 5. The monoisotopic (exact) mass is 540 g/mol. The van der Waals surface area contributed by atoms with Gasteiger partial charge in [0.1, 0.15) is 5.82 Å². The summed E-state index contributed by atoms with van der Waals surface area (Å²) in [6.45, 7) is 2.39. The Morgan fingerprint density at radius 3 is 2.42 bits per heavy atom. The lowest BCUT2D eigenvalue weighted by molar-refractivity contribution is -0.141. The van der Waals surface area contributed by atoms with Crippen molar-refractivity contribution in [1.29, 1.82) is 0 Å². The van der Waals surface area contributed by atoms with Crippen molar-refractivity contribution < 1.29 is 31.1 Å². The van der Waals surface area contributed by atoms with Gasteiger partial charge in [0.25, 0.3) is 5.91 Å². The van der Waals surface area contributed by atoms with Gasteiger partial charge >= 0.3 is 12.4 Å². The highest BCUT2D eigenvalue weighted by molar-refractivity contribution is 5.96. The molecule has 0 bridgehead atoms. The maximum absolute atomic E-state index is 13.7. The number of anilines is 1. The molecule has 0 radical (unpaired) electrons. The lowest BCUT2D eigenvalue weighted by atomic mass is 10.0. The van der Waals surface area contributed by atoms with E-state index in [2.05, 4.69) is 20.3 Å². The predicted octanol–water partition coefficient (Wildman–Crippen LogP) is 5.61. The largest absolute Gasteiger partial charge is 0.434 e. The number of aryl methyl sites for hydroxylation is 1. The van der Waals surface area contributed by atoms with E-state index in [1.165, 1.54) is 12.1 Å². The van der Waals surface area contributed by atoms with Crippen LogP contribution in [-0.2, 0) is 12.4 Å². The zero-order valence-corrected chi connectivity index (χ0v) is 19.5. The first-order valence-electron chi connectivity index (χ1n) is 11.6. The lowest BCUT2D eigenvalue weighted by Crippen LogP contribution is -2.48. The molecular formula is C25H26F6N6O. The van der Waals surface area contributed by atoms with Crippen LogP contribution in [0.1, 0.15) is 47.7 Å². The number of carbonyl (C=O) groups is 1. The quantitative estimate of drug-likeness (QED) is 0.426. The maximum Gasteiger partial charge on any atom is 0.434 e. The maximum atomic E-state index is 13.7. The van der Waals surface area contributed by atoms with Crippen LogP contribution in [0.15, 0.2) is 43.0 Å². The molecule has 1 aliphatic heterocycles. The molecule has 3 aromatic heterocycles. The van der Waals surface area contributed by atoms with E-state index in [0.717, 1.165) is 35.8 Å². The Labute approximate surface area is 214 Å². The SMILES string of the molecule is C.Cc1ccc(-n2cnc(C(F)(F)F)c2)c(C(=O)N2C[C@@H]3C[C@@H]3C[C@H]2CNc2ccc(C(F)(F)F)cn2)n1. The number of carbonyl (C=O) groups excluding carboxylic acids is 1. The van der Waals surface area contributed by atoms with Crippen molar-refractivity contribution in [2.24, 2.45) is 11.8 Å². The summed E-state index contributed by atoms with van der Waals surface area (Å²) in [7, 11) is 0. The Morgan fingerprint density at radius 1 is 1.03 bits per heavy atom. The van der Waals surface area contributed by atoms with Crippen LogP contribution in [0.5, 0.6) is 0 Å². The summed E-state index contributed by atoms with van der Waals surface area (Å²) in [5.41, 5.74) is -1.25. The van der Waals surface area contributed by atoms with Crippen LogP contribution in [0.4, 0.5) is 32.2 Å². The highest BCUT2D eigenvalue weighted by Crippen LogP contribution is 2.47. The van der Waals surface area contributed by atoms with Gasteiger partial charge in [0.2, 0.25) is 0 Å². The van der Waals surface area contributed by atoms with E-state index in [4.69, 9.17) is 0 Å². The van der Waals surface area contributed by atoms with Crippen molar-refractivity contribution in [3.63, 3.8) is 0 Å². The number of hydrogen-bond donors (Lipinski definition) is 1. The van der Waals surface area contributed by atoms with Crippen molar-refractivity contribution in [3.05, 3.63) is 65.6 Å². The van der Waals surface area contributed by atoms with Crippen LogP contribution in [0, 0.1) is 18.8 Å². The van der Waals surface area contributed by atoms with Crippen LogP contribution < -0.4 is 5.32 Å². The number of alkyl halides is 6. The molecule has 1 N–H and O–H groups in total. The van der Waals surface area contributed by atoms with Gasteiger partial charge in [-0.15, -0.1) is 0 Å². The zero-order chi connectivity index (χ0) is 26.5. The molecule has 2 fully saturated rings. The first kappa shape index (κ1) is 27.4. The molecule has 0 unspecified atom stereocenters. The Hall–Kier alpha value is -3.64. The fourth-order valence-corrected chi connectivity index (χ4v) is 4.68. The minimum absolute atomic E-state index is 0. The number of imidazole rings is 1. The topological polar surface area (TPSA) is 75.9 Å². The van der Waals surface area contributed by atoms with Gasteiger partial charge in [-0.2, -0.15) is 26.3 Å². The van der Waals surface area contributed by atoms with E-state index >= 15 is 0 Å². The first-order chi connectivity index (χ1) is 17.4. The number of pyridine rings is 2. The molecule has 7 nitrogen and oxygen atoms in total. The van der Waals surface area contributed by atoms with E-state index in [9.17, 15) is 31.1 Å². The second-order valence-electron chi connectivity index (χ2n) is 9.40. The molecule has 0 spiro atoms. The molecule has 3 atom stereocenters. The molecule has 0 aromatic carbocycles. The van der Waals surface area contributed by atoms with E-state index in [1.54, 1.807) is 17.9 Å². The number of nitrogens with zero attached hydrogens (tertiary/aromatic N) is 5. The normalized spacial score (nSPS) is 20.9. The van der Waals surface area contributed by atoms with Gasteiger partial charge in [-0.1, -0.05) is 7.43 Å². The minimum Gasteiger partial charge on any atom is -0.368 e.